The fourth-order valence-corrected chi connectivity index (χ4v) is 1.07. The van der Waals surface area contributed by atoms with Crippen LogP contribution in [0.4, 0.5) is 0 Å². The first-order valence-electron chi connectivity index (χ1n) is 3.35. The monoisotopic (exact) mass is 226 g/mol. The molecule has 1 aromatic rings. The van der Waals surface area contributed by atoms with Crippen molar-refractivity contribution in [2.75, 3.05) is 0 Å². The lowest BCUT2D eigenvalue weighted by atomic mass is 10.1. The molecule has 0 atom stereocenters. The molecule has 0 saturated heterocycles. The second-order valence-electron chi connectivity index (χ2n) is 2.17. The molecule has 62 valence electrons. The Morgan fingerprint density at radius 2 is 2.08 bits per heavy atom. The van der Waals surface area contributed by atoms with Crippen LogP contribution < -0.4 is 0 Å². The molecule has 0 aliphatic heterocycles. The van der Waals surface area contributed by atoms with Crippen molar-refractivity contribution in [1.29, 1.82) is 0 Å². The van der Waals surface area contributed by atoms with Crippen LogP contribution in [0.2, 0.25) is 0 Å². The largest absolute Gasteiger partial charge is 0.507 e. The quantitative estimate of drug-likeness (QED) is 0.622. The summed E-state index contributed by atoms with van der Waals surface area (Å²) in [6.07, 6.45) is 1.34. The number of rotatable bonds is 2. The van der Waals surface area contributed by atoms with Crippen LogP contribution in [-0.2, 0) is 0 Å². The Hall–Kier alpha value is -1.09. The number of hydrogen-bond donors (Lipinski definition) is 1. The summed E-state index contributed by atoms with van der Waals surface area (Å²) < 4.78 is 0. The first kappa shape index (κ1) is 9.00. The van der Waals surface area contributed by atoms with Gasteiger partial charge in [0.25, 0.3) is 0 Å². The number of hydrogen-bond acceptors (Lipinski definition) is 2. The molecule has 1 N–H and O–H groups in total. The lowest BCUT2D eigenvalue weighted by Gasteiger charge is -1.97. The van der Waals surface area contributed by atoms with Gasteiger partial charge >= 0.3 is 0 Å². The van der Waals surface area contributed by atoms with Crippen molar-refractivity contribution in [2.24, 2.45) is 0 Å². The van der Waals surface area contributed by atoms with Gasteiger partial charge in [-0.25, -0.2) is 0 Å². The standard InChI is InChI=1S/C9H7BrO2/c10-6-5-9(12)7-3-1-2-4-8(7)11/h1-6,11H/b6-5+. The Labute approximate surface area is 78.7 Å². The molecule has 1 aromatic carbocycles. The van der Waals surface area contributed by atoms with Crippen LogP contribution in [0.15, 0.2) is 35.3 Å². The lowest BCUT2D eigenvalue weighted by molar-refractivity contribution is 0.104. The maximum Gasteiger partial charge on any atom is 0.190 e. The third kappa shape index (κ3) is 1.95. The van der Waals surface area contributed by atoms with Crippen molar-refractivity contribution < 1.29 is 9.90 Å². The molecule has 0 amide bonds. The van der Waals surface area contributed by atoms with Crippen LogP contribution in [0.3, 0.4) is 0 Å². The summed E-state index contributed by atoms with van der Waals surface area (Å²) in [6, 6.07) is 6.43. The minimum Gasteiger partial charge on any atom is -0.507 e. The van der Waals surface area contributed by atoms with Gasteiger partial charge in [-0.15, -0.1) is 0 Å². The van der Waals surface area contributed by atoms with E-state index in [4.69, 9.17) is 0 Å². The topological polar surface area (TPSA) is 37.3 Å². The first-order chi connectivity index (χ1) is 5.75. The lowest BCUT2D eigenvalue weighted by Crippen LogP contribution is -1.93. The second-order valence-corrected chi connectivity index (χ2v) is 2.70. The predicted octanol–water partition coefficient (Wildman–Crippen LogP) is 2.48. The van der Waals surface area contributed by atoms with Gasteiger partial charge in [0.15, 0.2) is 5.78 Å². The van der Waals surface area contributed by atoms with Gasteiger partial charge in [-0.2, -0.15) is 0 Å². The van der Waals surface area contributed by atoms with E-state index in [1.807, 2.05) is 0 Å². The van der Waals surface area contributed by atoms with Crippen molar-refractivity contribution >= 4 is 21.7 Å². The molecular weight excluding hydrogens is 220 g/mol. The van der Waals surface area contributed by atoms with Gasteiger partial charge in [-0.05, 0) is 23.2 Å². The van der Waals surface area contributed by atoms with E-state index < -0.39 is 0 Å². The van der Waals surface area contributed by atoms with Gasteiger partial charge in [0.2, 0.25) is 0 Å². The summed E-state index contributed by atoms with van der Waals surface area (Å²) in [5.74, 6) is -0.210. The molecule has 0 unspecified atom stereocenters. The van der Waals surface area contributed by atoms with E-state index in [2.05, 4.69) is 15.9 Å². The zero-order chi connectivity index (χ0) is 8.97. The fraction of sp³-hybridized carbons (Fsp3) is 0. The van der Waals surface area contributed by atoms with E-state index in [0.717, 1.165) is 0 Å². The molecule has 12 heavy (non-hydrogen) atoms. The molecule has 0 saturated carbocycles. The van der Waals surface area contributed by atoms with Crippen LogP contribution in [0, 0.1) is 0 Å². The number of halogens is 1. The highest BCUT2D eigenvalue weighted by molar-refractivity contribution is 9.11. The van der Waals surface area contributed by atoms with Gasteiger partial charge in [0.05, 0.1) is 5.56 Å². The average molecular weight is 227 g/mol. The number of aromatic hydroxyl groups is 1. The van der Waals surface area contributed by atoms with Crippen molar-refractivity contribution in [3.8, 4) is 5.75 Å². The number of ketones is 1. The second kappa shape index (κ2) is 4.07. The Balaban J connectivity index is 3.03. The van der Waals surface area contributed by atoms with Crippen molar-refractivity contribution in [3.05, 3.63) is 40.9 Å². The van der Waals surface area contributed by atoms with Crippen LogP contribution >= 0.6 is 15.9 Å². The first-order valence-corrected chi connectivity index (χ1v) is 4.26. The Morgan fingerprint density at radius 1 is 1.42 bits per heavy atom. The van der Waals surface area contributed by atoms with Gasteiger partial charge < -0.3 is 5.11 Å². The van der Waals surface area contributed by atoms with Gasteiger partial charge in [0, 0.05) is 0 Å². The summed E-state index contributed by atoms with van der Waals surface area (Å²) in [7, 11) is 0. The van der Waals surface area contributed by atoms with E-state index in [-0.39, 0.29) is 11.5 Å². The van der Waals surface area contributed by atoms with Crippen molar-refractivity contribution in [3.63, 3.8) is 0 Å². The number of carbonyl (C=O) groups excluding carboxylic acids is 1. The molecule has 0 aliphatic carbocycles. The minimum atomic E-state index is -0.218. The number of benzene rings is 1. The fourth-order valence-electron chi connectivity index (χ4n) is 0.829. The summed E-state index contributed by atoms with van der Waals surface area (Å²) in [5.41, 5.74) is 0.313. The van der Waals surface area contributed by atoms with Crippen LogP contribution in [0.25, 0.3) is 0 Å². The number of phenols is 1. The Kier molecular flexibility index (Phi) is 3.05. The number of phenolic OH excluding ortho intramolecular Hbond substituents is 1. The molecule has 0 aromatic heterocycles. The van der Waals surface area contributed by atoms with Crippen LogP contribution in [0.5, 0.6) is 5.75 Å². The molecule has 0 spiro atoms. The van der Waals surface area contributed by atoms with Crippen molar-refractivity contribution in [2.45, 2.75) is 0 Å². The maximum atomic E-state index is 11.2. The summed E-state index contributed by atoms with van der Waals surface area (Å²) >= 11 is 2.99. The number of allylic oxidation sites excluding steroid dienone is 1. The van der Waals surface area contributed by atoms with E-state index in [0.29, 0.717) is 5.56 Å². The summed E-state index contributed by atoms with van der Waals surface area (Å²) in [5, 5.41) is 9.24. The molecule has 0 fully saturated rings. The molecule has 1 rings (SSSR count). The van der Waals surface area contributed by atoms with E-state index in [9.17, 15) is 9.90 Å². The molecule has 0 radical (unpaired) electrons. The highest BCUT2D eigenvalue weighted by atomic mass is 79.9. The predicted molar refractivity (Wildman–Crippen MR) is 50.5 cm³/mol. The molecule has 0 bridgehead atoms. The molecule has 2 nitrogen and oxygen atoms in total. The van der Waals surface area contributed by atoms with Gasteiger partial charge in [0.1, 0.15) is 5.75 Å². The number of para-hydroxylation sites is 1. The SMILES string of the molecule is O=C(/C=C/Br)c1ccccc1O. The normalized spacial score (nSPS) is 10.4. The Bertz CT molecular complexity index is 318. The van der Waals surface area contributed by atoms with Crippen molar-refractivity contribution in [1.82, 2.24) is 0 Å². The third-order valence-corrected chi connectivity index (χ3v) is 1.65. The Morgan fingerprint density at radius 3 is 2.67 bits per heavy atom. The highest BCUT2D eigenvalue weighted by Gasteiger charge is 2.05. The highest BCUT2D eigenvalue weighted by Crippen LogP contribution is 2.16. The molecule has 0 heterocycles. The average Bonchev–Trinajstić information content (AvgIpc) is 2.05. The van der Waals surface area contributed by atoms with E-state index in [1.54, 1.807) is 18.2 Å². The van der Waals surface area contributed by atoms with E-state index in [1.165, 1.54) is 17.1 Å². The maximum absolute atomic E-state index is 11.2. The zero-order valence-corrected chi connectivity index (χ0v) is 7.78. The van der Waals surface area contributed by atoms with Gasteiger partial charge in [-0.1, -0.05) is 28.1 Å². The summed E-state index contributed by atoms with van der Waals surface area (Å²) in [6.45, 7) is 0. The van der Waals surface area contributed by atoms with E-state index >= 15 is 0 Å². The van der Waals surface area contributed by atoms with Gasteiger partial charge in [-0.3, -0.25) is 4.79 Å². The smallest absolute Gasteiger partial charge is 0.190 e. The minimum absolute atomic E-state index is 0.00750. The van der Waals surface area contributed by atoms with Crippen LogP contribution in [-0.4, -0.2) is 10.9 Å². The number of carbonyl (C=O) groups is 1. The summed E-state index contributed by atoms with van der Waals surface area (Å²) in [4.78, 5) is 12.6. The molecule has 0 aliphatic rings. The van der Waals surface area contributed by atoms with Crippen LogP contribution in [0.1, 0.15) is 10.4 Å². The molecular formula is C9H7BrO2. The molecule has 3 heteroatoms. The third-order valence-electron chi connectivity index (χ3n) is 1.38. The zero-order valence-electron chi connectivity index (χ0n) is 6.20.